The molecule has 4 heteroatoms. The minimum Gasteiger partial charge on any atom is -0.368 e. The Morgan fingerprint density at radius 3 is 2.38 bits per heavy atom. The zero-order chi connectivity index (χ0) is 12.1. The van der Waals surface area contributed by atoms with Gasteiger partial charge in [-0.15, -0.1) is 0 Å². The molecule has 16 heavy (non-hydrogen) atoms. The summed E-state index contributed by atoms with van der Waals surface area (Å²) in [5, 5.41) is 8.68. The second-order valence-electron chi connectivity index (χ2n) is 3.85. The fraction of sp³-hybridized carbons (Fsp3) is 0.333. The van der Waals surface area contributed by atoms with Crippen molar-refractivity contribution in [2.45, 2.75) is 19.9 Å². The number of amides is 1. The van der Waals surface area contributed by atoms with Gasteiger partial charge in [-0.25, -0.2) is 0 Å². The molecule has 0 unspecified atom stereocenters. The van der Waals surface area contributed by atoms with E-state index in [9.17, 15) is 4.79 Å². The van der Waals surface area contributed by atoms with Gasteiger partial charge >= 0.3 is 0 Å². The van der Waals surface area contributed by atoms with Crippen LogP contribution in [0.2, 0.25) is 0 Å². The summed E-state index contributed by atoms with van der Waals surface area (Å²) in [4.78, 5) is 12.8. The predicted molar refractivity (Wildman–Crippen MR) is 62.8 cm³/mol. The first-order valence-corrected chi connectivity index (χ1v) is 5.09. The summed E-state index contributed by atoms with van der Waals surface area (Å²) in [5.41, 5.74) is 6.69. The van der Waals surface area contributed by atoms with E-state index in [-0.39, 0.29) is 18.5 Å². The van der Waals surface area contributed by atoms with E-state index in [0.29, 0.717) is 5.56 Å². The Hall–Kier alpha value is -2.02. The van der Waals surface area contributed by atoms with E-state index in [4.69, 9.17) is 11.0 Å². The van der Waals surface area contributed by atoms with Crippen molar-refractivity contribution in [1.82, 2.24) is 0 Å². The highest BCUT2D eigenvalue weighted by atomic mass is 16.1. The van der Waals surface area contributed by atoms with Crippen LogP contribution in [0.25, 0.3) is 0 Å². The molecular weight excluding hydrogens is 202 g/mol. The number of benzene rings is 1. The lowest BCUT2D eigenvalue weighted by atomic mass is 10.2. The van der Waals surface area contributed by atoms with Crippen LogP contribution in [0.4, 0.5) is 5.69 Å². The third kappa shape index (κ3) is 2.99. The number of primary amides is 1. The number of carbonyl (C=O) groups is 1. The summed E-state index contributed by atoms with van der Waals surface area (Å²) in [7, 11) is 0. The Bertz CT molecular complexity index is 403. The molecule has 1 rings (SSSR count). The SMILES string of the molecule is CC(C)N(CC(N)=O)c1ccc(C#N)cc1. The number of nitrogens with two attached hydrogens (primary N) is 1. The van der Waals surface area contributed by atoms with Crippen molar-refractivity contribution in [2.75, 3.05) is 11.4 Å². The van der Waals surface area contributed by atoms with Crippen LogP contribution >= 0.6 is 0 Å². The van der Waals surface area contributed by atoms with Gasteiger partial charge in [-0.1, -0.05) is 0 Å². The van der Waals surface area contributed by atoms with E-state index in [0.717, 1.165) is 5.69 Å². The van der Waals surface area contributed by atoms with Gasteiger partial charge in [-0.05, 0) is 38.1 Å². The zero-order valence-corrected chi connectivity index (χ0v) is 9.47. The van der Waals surface area contributed by atoms with Crippen LogP contribution in [-0.2, 0) is 4.79 Å². The number of rotatable bonds is 4. The maximum Gasteiger partial charge on any atom is 0.236 e. The van der Waals surface area contributed by atoms with Gasteiger partial charge in [0.15, 0.2) is 0 Å². The molecule has 0 bridgehead atoms. The number of hydrogen-bond donors (Lipinski definition) is 1. The van der Waals surface area contributed by atoms with Crippen molar-refractivity contribution in [3.05, 3.63) is 29.8 Å². The molecule has 0 aliphatic carbocycles. The van der Waals surface area contributed by atoms with E-state index < -0.39 is 0 Å². The highest BCUT2D eigenvalue weighted by Crippen LogP contribution is 2.17. The van der Waals surface area contributed by atoms with Gasteiger partial charge in [0.05, 0.1) is 18.2 Å². The van der Waals surface area contributed by atoms with Crippen LogP contribution in [0.3, 0.4) is 0 Å². The molecule has 1 aromatic rings. The summed E-state index contributed by atoms with van der Waals surface area (Å²) < 4.78 is 0. The predicted octanol–water partition coefficient (Wildman–Crippen LogP) is 1.26. The van der Waals surface area contributed by atoms with Gasteiger partial charge in [0, 0.05) is 11.7 Å². The fourth-order valence-electron chi connectivity index (χ4n) is 1.47. The Balaban J connectivity index is 2.93. The second kappa shape index (κ2) is 5.17. The maximum atomic E-state index is 10.9. The highest BCUT2D eigenvalue weighted by molar-refractivity contribution is 5.79. The Labute approximate surface area is 95.3 Å². The quantitative estimate of drug-likeness (QED) is 0.825. The molecule has 0 heterocycles. The molecule has 0 spiro atoms. The molecule has 0 fully saturated rings. The molecule has 0 aliphatic rings. The highest BCUT2D eigenvalue weighted by Gasteiger charge is 2.12. The van der Waals surface area contributed by atoms with Crippen molar-refractivity contribution in [1.29, 1.82) is 5.26 Å². The first-order chi connectivity index (χ1) is 7.54. The lowest BCUT2D eigenvalue weighted by molar-refractivity contribution is -0.116. The van der Waals surface area contributed by atoms with Crippen LogP contribution in [-0.4, -0.2) is 18.5 Å². The molecule has 0 atom stereocenters. The number of carbonyl (C=O) groups excluding carboxylic acids is 1. The van der Waals surface area contributed by atoms with Gasteiger partial charge in [0.2, 0.25) is 5.91 Å². The summed E-state index contributed by atoms with van der Waals surface area (Å²) in [6, 6.07) is 9.33. The van der Waals surface area contributed by atoms with Gasteiger partial charge in [-0.2, -0.15) is 5.26 Å². The topological polar surface area (TPSA) is 70.1 Å². The largest absolute Gasteiger partial charge is 0.368 e. The summed E-state index contributed by atoms with van der Waals surface area (Å²) in [6.45, 7) is 4.16. The summed E-state index contributed by atoms with van der Waals surface area (Å²) in [6.07, 6.45) is 0. The Morgan fingerprint density at radius 2 is 2.00 bits per heavy atom. The third-order valence-corrected chi connectivity index (χ3v) is 2.28. The molecule has 4 nitrogen and oxygen atoms in total. The summed E-state index contributed by atoms with van der Waals surface area (Å²) in [5.74, 6) is -0.363. The molecule has 0 saturated heterocycles. The average molecular weight is 217 g/mol. The Morgan fingerprint density at radius 1 is 1.44 bits per heavy atom. The normalized spacial score (nSPS) is 9.88. The molecule has 1 aromatic carbocycles. The minimum absolute atomic E-state index is 0.181. The molecule has 0 aromatic heterocycles. The molecule has 1 amide bonds. The minimum atomic E-state index is -0.363. The van der Waals surface area contributed by atoms with Crippen molar-refractivity contribution < 1.29 is 4.79 Å². The van der Waals surface area contributed by atoms with E-state index in [1.54, 1.807) is 12.1 Å². The fourth-order valence-corrected chi connectivity index (χ4v) is 1.47. The van der Waals surface area contributed by atoms with Gasteiger partial charge in [-0.3, -0.25) is 4.79 Å². The molecule has 0 saturated carbocycles. The maximum absolute atomic E-state index is 10.9. The van der Waals surface area contributed by atoms with E-state index >= 15 is 0 Å². The summed E-state index contributed by atoms with van der Waals surface area (Å²) >= 11 is 0. The smallest absolute Gasteiger partial charge is 0.236 e. The van der Waals surface area contributed by atoms with Crippen LogP contribution in [0, 0.1) is 11.3 Å². The van der Waals surface area contributed by atoms with Crippen LogP contribution in [0.5, 0.6) is 0 Å². The molecule has 2 N–H and O–H groups in total. The Kier molecular flexibility index (Phi) is 3.90. The van der Waals surface area contributed by atoms with Crippen molar-refractivity contribution in [3.63, 3.8) is 0 Å². The standard InChI is InChI=1S/C12H15N3O/c1-9(2)15(8-12(14)16)11-5-3-10(7-13)4-6-11/h3-6,9H,8H2,1-2H3,(H2,14,16). The van der Waals surface area contributed by atoms with Crippen molar-refractivity contribution >= 4 is 11.6 Å². The van der Waals surface area contributed by atoms with Crippen molar-refractivity contribution in [3.8, 4) is 6.07 Å². The van der Waals surface area contributed by atoms with E-state index in [1.807, 2.05) is 30.9 Å². The molecule has 84 valence electrons. The van der Waals surface area contributed by atoms with Crippen LogP contribution in [0.15, 0.2) is 24.3 Å². The number of nitriles is 1. The zero-order valence-electron chi connectivity index (χ0n) is 9.47. The first kappa shape index (κ1) is 12.1. The van der Waals surface area contributed by atoms with Crippen LogP contribution in [0.1, 0.15) is 19.4 Å². The van der Waals surface area contributed by atoms with Gasteiger partial charge < -0.3 is 10.6 Å². The average Bonchev–Trinajstić information content (AvgIpc) is 2.25. The molecular formula is C12H15N3O. The number of hydrogen-bond acceptors (Lipinski definition) is 3. The second-order valence-corrected chi connectivity index (χ2v) is 3.85. The third-order valence-electron chi connectivity index (χ3n) is 2.28. The molecule has 0 radical (unpaired) electrons. The number of anilines is 1. The lowest BCUT2D eigenvalue weighted by Crippen LogP contribution is -2.38. The van der Waals surface area contributed by atoms with Crippen LogP contribution < -0.4 is 10.6 Å². The van der Waals surface area contributed by atoms with Gasteiger partial charge in [0.1, 0.15) is 0 Å². The number of nitrogens with zero attached hydrogens (tertiary/aromatic N) is 2. The first-order valence-electron chi connectivity index (χ1n) is 5.09. The van der Waals surface area contributed by atoms with E-state index in [1.165, 1.54) is 0 Å². The monoisotopic (exact) mass is 217 g/mol. The lowest BCUT2D eigenvalue weighted by Gasteiger charge is -2.27. The molecule has 0 aliphatic heterocycles. The van der Waals surface area contributed by atoms with E-state index in [2.05, 4.69) is 6.07 Å². The van der Waals surface area contributed by atoms with Gasteiger partial charge in [0.25, 0.3) is 0 Å². The van der Waals surface area contributed by atoms with Crippen molar-refractivity contribution in [2.24, 2.45) is 5.73 Å².